The van der Waals surface area contributed by atoms with Crippen LogP contribution < -0.4 is 11.3 Å². The highest BCUT2D eigenvalue weighted by atomic mass is 32.2. The maximum Gasteiger partial charge on any atom is 0.150 e. The molecule has 0 aromatic rings. The molecule has 0 bridgehead atoms. The Labute approximate surface area is 98.9 Å². The van der Waals surface area contributed by atoms with Crippen LogP contribution in [0, 0.1) is 11.8 Å². The van der Waals surface area contributed by atoms with Gasteiger partial charge in [-0.05, 0) is 24.7 Å². The highest BCUT2D eigenvalue weighted by Crippen LogP contribution is 2.26. The molecule has 4 nitrogen and oxygen atoms in total. The maximum absolute atomic E-state index is 11.4. The zero-order chi connectivity index (χ0) is 12.2. The van der Waals surface area contributed by atoms with Crippen LogP contribution in [0.3, 0.4) is 0 Å². The molecule has 96 valence electrons. The van der Waals surface area contributed by atoms with E-state index in [0.717, 1.165) is 12.8 Å². The summed E-state index contributed by atoms with van der Waals surface area (Å²) in [6.07, 6.45) is 4.08. The van der Waals surface area contributed by atoms with Crippen LogP contribution in [-0.2, 0) is 9.84 Å². The molecule has 5 heteroatoms. The fourth-order valence-corrected chi connectivity index (χ4v) is 4.46. The first kappa shape index (κ1) is 13.9. The van der Waals surface area contributed by atoms with Crippen molar-refractivity contribution in [1.82, 2.24) is 5.43 Å². The lowest BCUT2D eigenvalue weighted by Gasteiger charge is -2.24. The van der Waals surface area contributed by atoms with Crippen LogP contribution in [0.4, 0.5) is 0 Å². The van der Waals surface area contributed by atoms with Crippen LogP contribution in [-0.4, -0.2) is 26.0 Å². The second-order valence-electron chi connectivity index (χ2n) is 5.07. The van der Waals surface area contributed by atoms with E-state index in [0.29, 0.717) is 17.4 Å². The SMILES string of the molecule is CCCC(C)CC(NN)C1CCS(=O)(=O)C1. The fourth-order valence-electron chi connectivity index (χ4n) is 2.58. The highest BCUT2D eigenvalue weighted by molar-refractivity contribution is 7.91. The van der Waals surface area contributed by atoms with Gasteiger partial charge in [-0.25, -0.2) is 8.42 Å². The van der Waals surface area contributed by atoms with E-state index in [1.807, 2.05) is 0 Å². The molecular weight excluding hydrogens is 224 g/mol. The van der Waals surface area contributed by atoms with Gasteiger partial charge in [0, 0.05) is 6.04 Å². The molecule has 1 aliphatic rings. The van der Waals surface area contributed by atoms with Crippen LogP contribution in [0.15, 0.2) is 0 Å². The molecule has 1 rings (SSSR count). The summed E-state index contributed by atoms with van der Waals surface area (Å²) in [6, 6.07) is 0.152. The number of nitrogens with two attached hydrogens (primary N) is 1. The molecule has 1 heterocycles. The lowest BCUT2D eigenvalue weighted by molar-refractivity contribution is 0.311. The third-order valence-corrected chi connectivity index (χ3v) is 5.28. The number of sulfone groups is 1. The van der Waals surface area contributed by atoms with E-state index in [2.05, 4.69) is 19.3 Å². The van der Waals surface area contributed by atoms with E-state index in [1.165, 1.54) is 12.8 Å². The summed E-state index contributed by atoms with van der Waals surface area (Å²) in [4.78, 5) is 0. The molecule has 3 unspecified atom stereocenters. The Morgan fingerprint density at radius 2 is 2.19 bits per heavy atom. The van der Waals surface area contributed by atoms with Crippen molar-refractivity contribution in [3.63, 3.8) is 0 Å². The average Bonchev–Trinajstić information content (AvgIpc) is 2.55. The Bertz CT molecular complexity index is 303. The van der Waals surface area contributed by atoms with Crippen molar-refractivity contribution in [1.29, 1.82) is 0 Å². The fraction of sp³-hybridized carbons (Fsp3) is 1.00. The minimum atomic E-state index is -2.79. The lowest BCUT2D eigenvalue weighted by Crippen LogP contribution is -2.42. The van der Waals surface area contributed by atoms with Gasteiger partial charge in [-0.3, -0.25) is 11.3 Å². The first-order valence-electron chi connectivity index (χ1n) is 6.15. The predicted octanol–water partition coefficient (Wildman–Crippen LogP) is 1.08. The van der Waals surface area contributed by atoms with Gasteiger partial charge in [-0.15, -0.1) is 0 Å². The average molecular weight is 248 g/mol. The summed E-state index contributed by atoms with van der Waals surface area (Å²) in [5, 5.41) is 0. The van der Waals surface area contributed by atoms with Gasteiger partial charge in [0.25, 0.3) is 0 Å². The molecule has 1 saturated heterocycles. The summed E-state index contributed by atoms with van der Waals surface area (Å²) < 4.78 is 22.8. The van der Waals surface area contributed by atoms with E-state index < -0.39 is 9.84 Å². The van der Waals surface area contributed by atoms with Gasteiger partial charge < -0.3 is 0 Å². The van der Waals surface area contributed by atoms with Crippen molar-refractivity contribution < 1.29 is 8.42 Å². The van der Waals surface area contributed by atoms with Gasteiger partial charge >= 0.3 is 0 Å². The number of hydrazine groups is 1. The number of hydrogen-bond acceptors (Lipinski definition) is 4. The molecule has 16 heavy (non-hydrogen) atoms. The van der Waals surface area contributed by atoms with E-state index in [4.69, 9.17) is 5.84 Å². The molecule has 0 amide bonds. The Balaban J connectivity index is 2.49. The van der Waals surface area contributed by atoms with Gasteiger partial charge in [-0.2, -0.15) is 0 Å². The Hall–Kier alpha value is -0.130. The molecule has 0 saturated carbocycles. The zero-order valence-electron chi connectivity index (χ0n) is 10.3. The molecule has 1 aliphatic heterocycles. The quantitative estimate of drug-likeness (QED) is 0.545. The van der Waals surface area contributed by atoms with E-state index in [1.54, 1.807) is 0 Å². The van der Waals surface area contributed by atoms with Gasteiger partial charge in [0.05, 0.1) is 11.5 Å². The van der Waals surface area contributed by atoms with Crippen molar-refractivity contribution in [2.24, 2.45) is 17.7 Å². The van der Waals surface area contributed by atoms with Crippen molar-refractivity contribution in [2.45, 2.75) is 45.6 Å². The van der Waals surface area contributed by atoms with E-state index in [9.17, 15) is 8.42 Å². The van der Waals surface area contributed by atoms with Gasteiger partial charge in [-0.1, -0.05) is 26.7 Å². The van der Waals surface area contributed by atoms with Crippen molar-refractivity contribution >= 4 is 9.84 Å². The maximum atomic E-state index is 11.4. The number of hydrogen-bond donors (Lipinski definition) is 2. The van der Waals surface area contributed by atoms with Crippen LogP contribution in [0.25, 0.3) is 0 Å². The van der Waals surface area contributed by atoms with Crippen molar-refractivity contribution in [2.75, 3.05) is 11.5 Å². The summed E-state index contributed by atoms with van der Waals surface area (Å²) >= 11 is 0. The van der Waals surface area contributed by atoms with Crippen LogP contribution >= 0.6 is 0 Å². The van der Waals surface area contributed by atoms with Crippen LogP contribution in [0.5, 0.6) is 0 Å². The molecule has 0 aromatic carbocycles. The highest BCUT2D eigenvalue weighted by Gasteiger charge is 2.33. The van der Waals surface area contributed by atoms with Crippen LogP contribution in [0.1, 0.15) is 39.5 Å². The van der Waals surface area contributed by atoms with Crippen LogP contribution in [0.2, 0.25) is 0 Å². The first-order valence-corrected chi connectivity index (χ1v) is 7.97. The van der Waals surface area contributed by atoms with Crippen molar-refractivity contribution in [3.8, 4) is 0 Å². The largest absolute Gasteiger partial charge is 0.271 e. The van der Waals surface area contributed by atoms with Crippen molar-refractivity contribution in [3.05, 3.63) is 0 Å². The Morgan fingerprint density at radius 3 is 2.62 bits per heavy atom. The van der Waals surface area contributed by atoms with E-state index >= 15 is 0 Å². The van der Waals surface area contributed by atoms with Gasteiger partial charge in [0.15, 0.2) is 9.84 Å². The molecule has 0 aromatic heterocycles. The lowest BCUT2D eigenvalue weighted by atomic mass is 9.89. The monoisotopic (exact) mass is 248 g/mol. The summed E-state index contributed by atoms with van der Waals surface area (Å²) in [5.41, 5.74) is 2.81. The Kier molecular flexibility index (Phi) is 5.21. The standard InChI is InChI=1S/C11H24N2O2S/c1-3-4-9(2)7-11(13-12)10-5-6-16(14,15)8-10/h9-11,13H,3-8,12H2,1-2H3. The molecule has 1 fully saturated rings. The molecule has 3 atom stereocenters. The third-order valence-electron chi connectivity index (χ3n) is 3.49. The summed E-state index contributed by atoms with van der Waals surface area (Å²) in [7, 11) is -2.79. The zero-order valence-corrected chi connectivity index (χ0v) is 11.1. The molecule has 3 N–H and O–H groups in total. The molecule has 0 spiro atoms. The topological polar surface area (TPSA) is 72.2 Å². The van der Waals surface area contributed by atoms with Gasteiger partial charge in [0.1, 0.15) is 0 Å². The minimum absolute atomic E-state index is 0.152. The smallest absolute Gasteiger partial charge is 0.150 e. The Morgan fingerprint density at radius 1 is 1.50 bits per heavy atom. The molecule has 0 radical (unpaired) electrons. The third kappa shape index (κ3) is 4.03. The summed E-state index contributed by atoms with van der Waals surface area (Å²) in [5.74, 6) is 6.99. The minimum Gasteiger partial charge on any atom is -0.271 e. The second kappa shape index (κ2) is 5.98. The normalized spacial score (nSPS) is 27.8. The van der Waals surface area contributed by atoms with Gasteiger partial charge in [0.2, 0.25) is 0 Å². The molecular formula is C11H24N2O2S. The summed E-state index contributed by atoms with van der Waals surface area (Å²) in [6.45, 7) is 4.37. The predicted molar refractivity (Wildman–Crippen MR) is 66.6 cm³/mol. The first-order chi connectivity index (χ1) is 7.48. The second-order valence-corrected chi connectivity index (χ2v) is 7.29. The molecule has 0 aliphatic carbocycles. The van der Waals surface area contributed by atoms with E-state index in [-0.39, 0.29) is 12.0 Å². The number of rotatable bonds is 6. The number of nitrogens with one attached hydrogen (secondary N) is 1.